The zero-order chi connectivity index (χ0) is 20.9. The van der Waals surface area contributed by atoms with Crippen LogP contribution in [0.15, 0.2) is 0 Å². The van der Waals surface area contributed by atoms with Gasteiger partial charge in [0.25, 0.3) is 0 Å². The maximum atomic E-state index is 13.3. The lowest BCUT2D eigenvalue weighted by Gasteiger charge is -2.53. The maximum Gasteiger partial charge on any atom is 0.431 e. The van der Waals surface area contributed by atoms with Gasteiger partial charge in [-0.15, -0.1) is 0 Å². The van der Waals surface area contributed by atoms with Crippen LogP contribution in [0.1, 0.15) is 20.3 Å². The van der Waals surface area contributed by atoms with E-state index >= 15 is 0 Å². The first-order chi connectivity index (χ1) is 11.4. The van der Waals surface area contributed by atoms with Crippen molar-refractivity contribution in [2.75, 3.05) is 0 Å². The number of alkyl halides is 6. The van der Waals surface area contributed by atoms with Crippen molar-refractivity contribution in [1.29, 1.82) is 0 Å². The van der Waals surface area contributed by atoms with E-state index in [4.69, 9.17) is 10.2 Å². The molecular weight excluding hydrogens is 380 g/mol. The van der Waals surface area contributed by atoms with Crippen molar-refractivity contribution in [2.24, 2.45) is 23.7 Å². The quantitative estimate of drug-likeness (QED) is 0.451. The molecular formula is C13H17F6NO6. The van der Waals surface area contributed by atoms with Crippen molar-refractivity contribution < 1.29 is 56.4 Å². The van der Waals surface area contributed by atoms with Crippen molar-refractivity contribution in [3.05, 3.63) is 0 Å². The van der Waals surface area contributed by atoms with Crippen molar-refractivity contribution >= 4 is 11.9 Å². The van der Waals surface area contributed by atoms with Crippen LogP contribution < -0.4 is 5.32 Å². The highest BCUT2D eigenvalue weighted by Gasteiger charge is 2.77. The number of carboxylic acid groups (broad SMARTS) is 2. The molecule has 4 unspecified atom stereocenters. The lowest BCUT2D eigenvalue weighted by atomic mass is 9.64. The number of aliphatic hydroxyl groups is 2. The summed E-state index contributed by atoms with van der Waals surface area (Å²) in [6, 6.07) is 0. The van der Waals surface area contributed by atoms with E-state index in [1.165, 1.54) is 13.8 Å². The second-order valence-electron chi connectivity index (χ2n) is 6.58. The summed E-state index contributed by atoms with van der Waals surface area (Å²) in [5, 5.41) is 38.4. The van der Waals surface area contributed by atoms with Gasteiger partial charge in [-0.2, -0.15) is 26.3 Å². The molecule has 0 aromatic carbocycles. The highest BCUT2D eigenvalue weighted by molar-refractivity contribution is 5.77. The van der Waals surface area contributed by atoms with Gasteiger partial charge in [-0.25, -0.2) is 5.32 Å². The van der Waals surface area contributed by atoms with E-state index in [1.807, 2.05) is 0 Å². The number of carboxylic acids is 2. The molecule has 1 heterocycles. The Kier molecular flexibility index (Phi) is 5.64. The van der Waals surface area contributed by atoms with Crippen LogP contribution >= 0.6 is 0 Å². The van der Waals surface area contributed by atoms with Gasteiger partial charge in [0.2, 0.25) is 11.4 Å². The van der Waals surface area contributed by atoms with Gasteiger partial charge in [0.05, 0.1) is 0 Å². The number of piperidine rings is 1. The van der Waals surface area contributed by atoms with Crippen LogP contribution in [0.2, 0.25) is 0 Å². The second-order valence-corrected chi connectivity index (χ2v) is 6.58. The number of aliphatic carboxylic acids is 2. The highest BCUT2D eigenvalue weighted by atomic mass is 19.4. The summed E-state index contributed by atoms with van der Waals surface area (Å²) < 4.78 is 79.8. The molecule has 1 fully saturated rings. The first-order valence-electron chi connectivity index (χ1n) is 7.23. The molecule has 0 saturated carbocycles. The largest absolute Gasteiger partial charge is 0.481 e. The van der Waals surface area contributed by atoms with Crippen LogP contribution in [-0.2, 0) is 9.59 Å². The standard InChI is InChI=1S/C13H17F6NO6/c1-4(2)3-5-6(8(21)22)10(25,12(14,15)16)20-11(26,13(17,18)19)7(5)9(23)24/h4-7,20,25-26H,3H2,1-2H3,(H,21,22)(H,23,24). The summed E-state index contributed by atoms with van der Waals surface area (Å²) in [6.07, 6.45) is -12.7. The first-order valence-corrected chi connectivity index (χ1v) is 7.23. The van der Waals surface area contributed by atoms with Gasteiger partial charge in [-0.1, -0.05) is 13.8 Å². The Bertz CT molecular complexity index is 534. The average molecular weight is 397 g/mol. The van der Waals surface area contributed by atoms with Crippen molar-refractivity contribution in [2.45, 2.75) is 44.1 Å². The third-order valence-corrected chi connectivity index (χ3v) is 4.28. The van der Waals surface area contributed by atoms with E-state index in [2.05, 4.69) is 0 Å². The van der Waals surface area contributed by atoms with Gasteiger partial charge in [-0.3, -0.25) is 9.59 Å². The lowest BCUT2D eigenvalue weighted by molar-refractivity contribution is -0.382. The summed E-state index contributed by atoms with van der Waals surface area (Å²) in [4.78, 5) is 22.8. The number of hydrogen-bond donors (Lipinski definition) is 5. The minimum atomic E-state index is -5.96. The zero-order valence-electron chi connectivity index (χ0n) is 13.4. The zero-order valence-corrected chi connectivity index (χ0v) is 13.4. The molecule has 0 radical (unpaired) electrons. The molecule has 7 nitrogen and oxygen atoms in total. The monoisotopic (exact) mass is 397 g/mol. The Hall–Kier alpha value is -1.60. The summed E-state index contributed by atoms with van der Waals surface area (Å²) >= 11 is 0. The molecule has 0 aliphatic carbocycles. The molecule has 4 atom stereocenters. The maximum absolute atomic E-state index is 13.3. The molecule has 152 valence electrons. The minimum Gasteiger partial charge on any atom is -0.481 e. The van der Waals surface area contributed by atoms with E-state index in [1.54, 1.807) is 0 Å². The Morgan fingerprint density at radius 3 is 1.42 bits per heavy atom. The predicted octanol–water partition coefficient (Wildman–Crippen LogP) is 1.16. The molecule has 1 rings (SSSR count). The molecule has 0 amide bonds. The fraction of sp³-hybridized carbons (Fsp3) is 0.846. The molecule has 26 heavy (non-hydrogen) atoms. The molecule has 1 aliphatic rings. The summed E-state index contributed by atoms with van der Waals surface area (Å²) in [5.74, 6) is -13.9. The minimum absolute atomic E-state index is 0.452. The summed E-state index contributed by atoms with van der Waals surface area (Å²) in [5.41, 5.74) is -9.43. The summed E-state index contributed by atoms with van der Waals surface area (Å²) in [6.45, 7) is 2.61. The molecule has 0 aromatic heterocycles. The van der Waals surface area contributed by atoms with Gasteiger partial charge < -0.3 is 20.4 Å². The fourth-order valence-electron chi connectivity index (χ4n) is 3.29. The molecule has 5 N–H and O–H groups in total. The highest BCUT2D eigenvalue weighted by Crippen LogP contribution is 2.53. The topological polar surface area (TPSA) is 127 Å². The van der Waals surface area contributed by atoms with Crippen LogP contribution in [-0.4, -0.2) is 56.2 Å². The van der Waals surface area contributed by atoms with Gasteiger partial charge in [0.15, 0.2) is 0 Å². The number of nitrogens with one attached hydrogen (secondary N) is 1. The van der Waals surface area contributed by atoms with Gasteiger partial charge >= 0.3 is 24.3 Å². The van der Waals surface area contributed by atoms with E-state index in [-0.39, 0.29) is 0 Å². The third-order valence-electron chi connectivity index (χ3n) is 4.28. The molecule has 0 spiro atoms. The lowest BCUT2D eigenvalue weighted by Crippen LogP contribution is -2.82. The predicted molar refractivity (Wildman–Crippen MR) is 70.3 cm³/mol. The van der Waals surface area contributed by atoms with E-state index in [0.717, 1.165) is 0 Å². The van der Waals surface area contributed by atoms with Gasteiger partial charge in [0, 0.05) is 0 Å². The Labute approximate surface area is 142 Å². The van der Waals surface area contributed by atoms with Crippen LogP contribution in [0, 0.1) is 23.7 Å². The summed E-state index contributed by atoms with van der Waals surface area (Å²) in [7, 11) is 0. The van der Waals surface area contributed by atoms with Crippen molar-refractivity contribution in [3.8, 4) is 0 Å². The molecule has 13 heteroatoms. The van der Waals surface area contributed by atoms with Gasteiger partial charge in [-0.05, 0) is 18.3 Å². The van der Waals surface area contributed by atoms with Crippen LogP contribution in [0.3, 0.4) is 0 Å². The second kappa shape index (κ2) is 6.53. The average Bonchev–Trinajstić information content (AvgIpc) is 2.33. The number of hydrogen-bond acceptors (Lipinski definition) is 5. The smallest absolute Gasteiger partial charge is 0.431 e. The van der Waals surface area contributed by atoms with Crippen LogP contribution in [0.4, 0.5) is 26.3 Å². The van der Waals surface area contributed by atoms with E-state index < -0.39 is 65.8 Å². The SMILES string of the molecule is CC(C)CC1C(C(=O)O)C(O)(C(F)(F)F)NC(O)(C(F)(F)F)C1C(=O)O. The number of halogens is 6. The Balaban J connectivity index is 3.81. The van der Waals surface area contributed by atoms with Crippen LogP contribution in [0.25, 0.3) is 0 Å². The van der Waals surface area contributed by atoms with Gasteiger partial charge in [0.1, 0.15) is 11.8 Å². The molecule has 0 bridgehead atoms. The first kappa shape index (κ1) is 22.4. The normalized spacial score (nSPS) is 36.2. The van der Waals surface area contributed by atoms with E-state index in [9.17, 15) is 46.1 Å². The number of rotatable bonds is 4. The Morgan fingerprint density at radius 1 is 0.923 bits per heavy atom. The third kappa shape index (κ3) is 3.47. The van der Waals surface area contributed by atoms with E-state index in [0.29, 0.717) is 5.32 Å². The Morgan fingerprint density at radius 2 is 1.23 bits per heavy atom. The molecule has 1 saturated heterocycles. The van der Waals surface area contributed by atoms with Crippen molar-refractivity contribution in [3.63, 3.8) is 0 Å². The number of carbonyl (C=O) groups is 2. The van der Waals surface area contributed by atoms with Crippen LogP contribution in [0.5, 0.6) is 0 Å². The van der Waals surface area contributed by atoms with Crippen molar-refractivity contribution in [1.82, 2.24) is 5.32 Å². The molecule has 1 aliphatic heterocycles. The fourth-order valence-corrected chi connectivity index (χ4v) is 3.29. The molecule has 0 aromatic rings.